The third kappa shape index (κ3) is 3.66. The molecular formula is C16H26N2. The van der Waals surface area contributed by atoms with E-state index in [1.54, 1.807) is 0 Å². The van der Waals surface area contributed by atoms with Crippen molar-refractivity contribution in [2.75, 3.05) is 17.6 Å². The first-order chi connectivity index (χ1) is 8.65. The molecule has 0 spiro atoms. The molecule has 18 heavy (non-hydrogen) atoms. The molecule has 1 saturated carbocycles. The Kier molecular flexibility index (Phi) is 4.51. The van der Waals surface area contributed by atoms with Gasteiger partial charge in [0, 0.05) is 17.9 Å². The summed E-state index contributed by atoms with van der Waals surface area (Å²) in [6, 6.07) is 6.09. The molecule has 0 aliphatic heterocycles. The normalized spacial score (nSPS) is 23.9. The number of nitrogens with one attached hydrogen (secondary N) is 1. The van der Waals surface area contributed by atoms with Crippen LogP contribution in [0.5, 0.6) is 0 Å². The molecule has 1 fully saturated rings. The number of aryl methyl sites for hydroxylation is 1. The number of benzene rings is 1. The second kappa shape index (κ2) is 6.12. The molecule has 0 bridgehead atoms. The van der Waals surface area contributed by atoms with Crippen LogP contribution >= 0.6 is 0 Å². The summed E-state index contributed by atoms with van der Waals surface area (Å²) in [5.41, 5.74) is 9.08. The molecule has 1 aromatic rings. The Labute approximate surface area is 111 Å². The van der Waals surface area contributed by atoms with E-state index < -0.39 is 0 Å². The average molecular weight is 246 g/mol. The van der Waals surface area contributed by atoms with Crippen LogP contribution in [-0.2, 0) is 0 Å². The van der Waals surface area contributed by atoms with Gasteiger partial charge in [0.1, 0.15) is 0 Å². The van der Waals surface area contributed by atoms with Gasteiger partial charge in [0.05, 0.1) is 0 Å². The minimum absolute atomic E-state index is 0.847. The Morgan fingerprint density at radius 1 is 1.22 bits per heavy atom. The van der Waals surface area contributed by atoms with E-state index in [-0.39, 0.29) is 0 Å². The van der Waals surface area contributed by atoms with E-state index >= 15 is 0 Å². The Morgan fingerprint density at radius 3 is 2.61 bits per heavy atom. The van der Waals surface area contributed by atoms with Crippen LogP contribution < -0.4 is 11.1 Å². The van der Waals surface area contributed by atoms with Crippen LogP contribution in [0.4, 0.5) is 11.4 Å². The Bertz CT molecular complexity index is 379. The smallest absolute Gasteiger partial charge is 0.0371 e. The number of anilines is 2. The van der Waals surface area contributed by atoms with E-state index in [0.717, 1.165) is 24.1 Å². The van der Waals surface area contributed by atoms with Crippen LogP contribution in [0.15, 0.2) is 18.2 Å². The molecule has 0 unspecified atom stereocenters. The molecule has 2 nitrogen and oxygen atoms in total. The van der Waals surface area contributed by atoms with Crippen LogP contribution in [0.25, 0.3) is 0 Å². The van der Waals surface area contributed by atoms with Gasteiger partial charge in [-0.05, 0) is 48.9 Å². The van der Waals surface area contributed by atoms with Crippen molar-refractivity contribution in [1.82, 2.24) is 0 Å². The van der Waals surface area contributed by atoms with Crippen molar-refractivity contribution in [3.05, 3.63) is 23.8 Å². The lowest BCUT2D eigenvalue weighted by Gasteiger charge is -2.26. The summed E-state index contributed by atoms with van der Waals surface area (Å²) in [6.45, 7) is 5.58. The maximum atomic E-state index is 5.76. The summed E-state index contributed by atoms with van der Waals surface area (Å²) >= 11 is 0. The molecule has 3 N–H and O–H groups in total. The van der Waals surface area contributed by atoms with E-state index in [0.29, 0.717) is 0 Å². The highest BCUT2D eigenvalue weighted by molar-refractivity contribution is 5.57. The van der Waals surface area contributed by atoms with E-state index in [4.69, 9.17) is 5.73 Å². The Morgan fingerprint density at radius 2 is 1.94 bits per heavy atom. The van der Waals surface area contributed by atoms with E-state index in [2.05, 4.69) is 25.2 Å². The van der Waals surface area contributed by atoms with Gasteiger partial charge >= 0.3 is 0 Å². The predicted octanol–water partition coefficient (Wildman–Crippen LogP) is 4.21. The van der Waals surface area contributed by atoms with Crippen molar-refractivity contribution in [1.29, 1.82) is 0 Å². The lowest BCUT2D eigenvalue weighted by molar-refractivity contribution is 0.282. The van der Waals surface area contributed by atoms with Crippen LogP contribution in [0.2, 0.25) is 0 Å². The van der Waals surface area contributed by atoms with E-state index in [1.165, 1.54) is 43.4 Å². The zero-order chi connectivity index (χ0) is 13.0. The standard InChI is InChI=1S/C16H26N2/c1-12-3-5-14(6-4-12)9-10-18-16-8-7-15(17)11-13(16)2/h7-8,11-12,14,18H,3-6,9-10,17H2,1-2H3. The first-order valence-corrected chi connectivity index (χ1v) is 7.25. The molecule has 0 aromatic heterocycles. The summed E-state index contributed by atoms with van der Waals surface area (Å²) in [5.74, 6) is 1.89. The van der Waals surface area contributed by atoms with Crippen molar-refractivity contribution < 1.29 is 0 Å². The number of nitrogens with two attached hydrogens (primary N) is 1. The molecule has 0 saturated heterocycles. The van der Waals surface area contributed by atoms with Crippen LogP contribution in [0.1, 0.15) is 44.6 Å². The predicted molar refractivity (Wildman–Crippen MR) is 79.8 cm³/mol. The Hall–Kier alpha value is -1.18. The molecule has 1 aliphatic carbocycles. The molecule has 2 rings (SSSR count). The Balaban J connectivity index is 1.75. The third-order valence-electron chi connectivity index (χ3n) is 4.25. The summed E-state index contributed by atoms with van der Waals surface area (Å²) in [6.07, 6.45) is 6.99. The van der Waals surface area contributed by atoms with Crippen LogP contribution in [0.3, 0.4) is 0 Å². The highest BCUT2D eigenvalue weighted by Crippen LogP contribution is 2.30. The van der Waals surface area contributed by atoms with Crippen molar-refractivity contribution in [2.45, 2.75) is 46.0 Å². The molecule has 1 aliphatic rings. The van der Waals surface area contributed by atoms with Gasteiger partial charge < -0.3 is 11.1 Å². The molecule has 1 aromatic carbocycles. The van der Waals surface area contributed by atoms with Crippen molar-refractivity contribution in [3.63, 3.8) is 0 Å². The van der Waals surface area contributed by atoms with Gasteiger partial charge in [-0.1, -0.05) is 32.6 Å². The lowest BCUT2D eigenvalue weighted by atomic mass is 9.81. The maximum Gasteiger partial charge on any atom is 0.0371 e. The van der Waals surface area contributed by atoms with Gasteiger partial charge in [-0.25, -0.2) is 0 Å². The largest absolute Gasteiger partial charge is 0.399 e. The summed E-state index contributed by atoms with van der Waals surface area (Å²) in [4.78, 5) is 0. The van der Waals surface area contributed by atoms with E-state index in [1.807, 2.05) is 12.1 Å². The molecule has 0 heterocycles. The second-order valence-corrected chi connectivity index (χ2v) is 5.92. The molecule has 0 atom stereocenters. The van der Waals surface area contributed by atoms with Crippen LogP contribution in [0, 0.1) is 18.8 Å². The van der Waals surface area contributed by atoms with E-state index in [9.17, 15) is 0 Å². The third-order valence-corrected chi connectivity index (χ3v) is 4.25. The van der Waals surface area contributed by atoms with Gasteiger partial charge in [0.15, 0.2) is 0 Å². The van der Waals surface area contributed by atoms with Crippen LogP contribution in [-0.4, -0.2) is 6.54 Å². The second-order valence-electron chi connectivity index (χ2n) is 5.92. The SMILES string of the molecule is Cc1cc(N)ccc1NCCC1CCC(C)CC1. The quantitative estimate of drug-likeness (QED) is 0.781. The van der Waals surface area contributed by atoms with Gasteiger partial charge in [-0.3, -0.25) is 0 Å². The van der Waals surface area contributed by atoms with Gasteiger partial charge in [0.25, 0.3) is 0 Å². The molecule has 0 radical (unpaired) electrons. The van der Waals surface area contributed by atoms with Gasteiger partial charge in [-0.15, -0.1) is 0 Å². The molecular weight excluding hydrogens is 220 g/mol. The minimum Gasteiger partial charge on any atom is -0.399 e. The average Bonchev–Trinajstić information content (AvgIpc) is 2.34. The van der Waals surface area contributed by atoms with Gasteiger partial charge in [0.2, 0.25) is 0 Å². The summed E-state index contributed by atoms with van der Waals surface area (Å²) in [5, 5.41) is 3.54. The zero-order valence-electron chi connectivity index (χ0n) is 11.7. The minimum atomic E-state index is 0.847. The van der Waals surface area contributed by atoms with Crippen molar-refractivity contribution >= 4 is 11.4 Å². The lowest BCUT2D eigenvalue weighted by Crippen LogP contribution is -2.16. The molecule has 100 valence electrons. The van der Waals surface area contributed by atoms with Gasteiger partial charge in [-0.2, -0.15) is 0 Å². The number of nitrogen functional groups attached to an aromatic ring is 1. The maximum absolute atomic E-state index is 5.76. The fourth-order valence-corrected chi connectivity index (χ4v) is 2.91. The first-order valence-electron chi connectivity index (χ1n) is 7.25. The van der Waals surface area contributed by atoms with Crippen molar-refractivity contribution in [3.8, 4) is 0 Å². The monoisotopic (exact) mass is 246 g/mol. The molecule has 0 amide bonds. The fraction of sp³-hybridized carbons (Fsp3) is 0.625. The number of hydrogen-bond donors (Lipinski definition) is 2. The summed E-state index contributed by atoms with van der Waals surface area (Å²) in [7, 11) is 0. The number of rotatable bonds is 4. The topological polar surface area (TPSA) is 38.0 Å². The molecule has 2 heteroatoms. The highest BCUT2D eigenvalue weighted by Gasteiger charge is 2.17. The zero-order valence-corrected chi connectivity index (χ0v) is 11.7. The number of hydrogen-bond acceptors (Lipinski definition) is 2. The highest BCUT2D eigenvalue weighted by atomic mass is 14.9. The fourth-order valence-electron chi connectivity index (χ4n) is 2.91. The summed E-state index contributed by atoms with van der Waals surface area (Å²) < 4.78 is 0. The first kappa shape index (κ1) is 13.3. The van der Waals surface area contributed by atoms with Crippen molar-refractivity contribution in [2.24, 2.45) is 11.8 Å².